The van der Waals surface area contributed by atoms with Crippen LogP contribution in [0.25, 0.3) is 0 Å². The Labute approximate surface area is 134 Å². The summed E-state index contributed by atoms with van der Waals surface area (Å²) in [6.07, 6.45) is 2.25. The van der Waals surface area contributed by atoms with Gasteiger partial charge >= 0.3 is 0 Å². The Kier molecular flexibility index (Phi) is 6.09. The van der Waals surface area contributed by atoms with Gasteiger partial charge in [0.1, 0.15) is 6.42 Å². The molecule has 0 bridgehead atoms. The Balaban J connectivity index is 1.77. The van der Waals surface area contributed by atoms with Crippen molar-refractivity contribution in [2.24, 2.45) is 0 Å². The van der Waals surface area contributed by atoms with Crippen LogP contribution in [0.4, 0.5) is 5.13 Å². The molecule has 6 heteroatoms. The number of nitrogens with zero attached hydrogens (tertiary/aromatic N) is 2. The normalized spacial score (nSPS) is 10.2. The lowest BCUT2D eigenvalue weighted by Crippen LogP contribution is -2.36. The first kappa shape index (κ1) is 16.2. The van der Waals surface area contributed by atoms with Crippen LogP contribution < -0.4 is 10.2 Å². The second-order valence-electron chi connectivity index (χ2n) is 4.72. The molecular formula is C16H19N3O2S. The predicted octanol–water partition coefficient (Wildman–Crippen LogP) is 2.24. The average molecular weight is 317 g/mol. The fourth-order valence-corrected chi connectivity index (χ4v) is 2.78. The topological polar surface area (TPSA) is 62.3 Å². The number of benzene rings is 1. The molecule has 0 aliphatic rings. The van der Waals surface area contributed by atoms with Gasteiger partial charge in [0, 0.05) is 24.7 Å². The zero-order valence-electron chi connectivity index (χ0n) is 12.5. The Morgan fingerprint density at radius 3 is 2.68 bits per heavy atom. The van der Waals surface area contributed by atoms with Crippen molar-refractivity contribution >= 4 is 28.3 Å². The van der Waals surface area contributed by atoms with Crippen LogP contribution >= 0.6 is 11.3 Å². The van der Waals surface area contributed by atoms with Gasteiger partial charge < -0.3 is 5.32 Å². The maximum atomic E-state index is 12.1. The Morgan fingerprint density at radius 1 is 1.27 bits per heavy atom. The number of carbonyl (C=O) groups excluding carboxylic acids is 2. The summed E-state index contributed by atoms with van der Waals surface area (Å²) in [5.41, 5.74) is 1.16. The molecule has 1 aromatic heterocycles. The maximum Gasteiger partial charge on any atom is 0.238 e. The zero-order valence-corrected chi connectivity index (χ0v) is 13.3. The van der Waals surface area contributed by atoms with Crippen LogP contribution in [0.2, 0.25) is 0 Å². The van der Waals surface area contributed by atoms with Crippen molar-refractivity contribution in [1.29, 1.82) is 0 Å². The molecule has 0 radical (unpaired) electrons. The SMILES string of the molecule is CCN(C(=O)CC(=O)NCCc1ccccc1)c1nccs1. The summed E-state index contributed by atoms with van der Waals surface area (Å²) in [5, 5.41) is 5.22. The van der Waals surface area contributed by atoms with E-state index in [1.807, 2.05) is 42.6 Å². The average Bonchev–Trinajstić information content (AvgIpc) is 3.03. The Morgan fingerprint density at radius 2 is 2.05 bits per heavy atom. The molecule has 0 atom stereocenters. The summed E-state index contributed by atoms with van der Waals surface area (Å²) in [6.45, 7) is 2.90. The predicted molar refractivity (Wildman–Crippen MR) is 87.9 cm³/mol. The number of carbonyl (C=O) groups is 2. The Hall–Kier alpha value is -2.21. The smallest absolute Gasteiger partial charge is 0.238 e. The number of anilines is 1. The summed E-state index contributed by atoms with van der Waals surface area (Å²) in [4.78, 5) is 29.6. The molecule has 1 N–H and O–H groups in total. The third-order valence-electron chi connectivity index (χ3n) is 3.16. The molecule has 22 heavy (non-hydrogen) atoms. The van der Waals surface area contributed by atoms with E-state index >= 15 is 0 Å². The summed E-state index contributed by atoms with van der Waals surface area (Å²) in [5.74, 6) is -0.481. The van der Waals surface area contributed by atoms with Gasteiger partial charge in [0.25, 0.3) is 0 Å². The van der Waals surface area contributed by atoms with Crippen molar-refractivity contribution < 1.29 is 9.59 Å². The lowest BCUT2D eigenvalue weighted by atomic mass is 10.1. The molecule has 0 fully saturated rings. The van der Waals surface area contributed by atoms with Gasteiger partial charge in [-0.15, -0.1) is 11.3 Å². The zero-order chi connectivity index (χ0) is 15.8. The number of rotatable bonds is 7. The number of hydrogen-bond donors (Lipinski definition) is 1. The molecule has 2 rings (SSSR count). The van der Waals surface area contributed by atoms with Crippen LogP contribution in [0.15, 0.2) is 41.9 Å². The van der Waals surface area contributed by atoms with E-state index in [0.29, 0.717) is 18.2 Å². The number of hydrogen-bond acceptors (Lipinski definition) is 4. The summed E-state index contributed by atoms with van der Waals surface area (Å²) >= 11 is 1.39. The first-order chi connectivity index (χ1) is 10.7. The van der Waals surface area contributed by atoms with Gasteiger partial charge in [-0.25, -0.2) is 4.98 Å². The van der Waals surface area contributed by atoms with Crippen LogP contribution in [0.3, 0.4) is 0 Å². The summed E-state index contributed by atoms with van der Waals surface area (Å²) < 4.78 is 0. The minimum Gasteiger partial charge on any atom is -0.355 e. The van der Waals surface area contributed by atoms with Crippen molar-refractivity contribution in [1.82, 2.24) is 10.3 Å². The maximum absolute atomic E-state index is 12.1. The third-order valence-corrected chi connectivity index (χ3v) is 3.95. The molecule has 0 aliphatic carbocycles. The summed E-state index contributed by atoms with van der Waals surface area (Å²) in [6, 6.07) is 9.91. The minimum absolute atomic E-state index is 0.151. The van der Waals surface area contributed by atoms with Crippen LogP contribution in [0.5, 0.6) is 0 Å². The van der Waals surface area contributed by atoms with Gasteiger partial charge in [-0.1, -0.05) is 30.3 Å². The fraction of sp³-hybridized carbons (Fsp3) is 0.312. The Bertz CT molecular complexity index is 599. The first-order valence-electron chi connectivity index (χ1n) is 7.21. The molecule has 5 nitrogen and oxygen atoms in total. The van der Waals surface area contributed by atoms with Crippen molar-refractivity contribution in [2.75, 3.05) is 18.0 Å². The van der Waals surface area contributed by atoms with Gasteiger partial charge in [0.2, 0.25) is 11.8 Å². The highest BCUT2D eigenvalue weighted by molar-refractivity contribution is 7.13. The second-order valence-corrected chi connectivity index (χ2v) is 5.59. The molecular weight excluding hydrogens is 298 g/mol. The van der Waals surface area contributed by atoms with E-state index in [1.165, 1.54) is 16.2 Å². The molecule has 1 aromatic carbocycles. The third kappa shape index (κ3) is 4.66. The van der Waals surface area contributed by atoms with Crippen molar-refractivity contribution in [3.05, 3.63) is 47.5 Å². The highest BCUT2D eigenvalue weighted by Crippen LogP contribution is 2.17. The van der Waals surface area contributed by atoms with E-state index in [-0.39, 0.29) is 18.2 Å². The molecule has 2 amide bonds. The number of nitrogens with one attached hydrogen (secondary N) is 1. The second kappa shape index (κ2) is 8.29. The fourth-order valence-electron chi connectivity index (χ4n) is 2.05. The molecule has 0 saturated heterocycles. The molecule has 0 spiro atoms. The van der Waals surface area contributed by atoms with Crippen molar-refractivity contribution in [3.8, 4) is 0 Å². The molecule has 116 valence electrons. The van der Waals surface area contributed by atoms with Gasteiger partial charge in [-0.2, -0.15) is 0 Å². The molecule has 0 unspecified atom stereocenters. The van der Waals surface area contributed by atoms with Crippen LogP contribution in [-0.2, 0) is 16.0 Å². The number of aromatic nitrogens is 1. The van der Waals surface area contributed by atoms with Gasteiger partial charge in [0.15, 0.2) is 5.13 Å². The van der Waals surface area contributed by atoms with E-state index in [4.69, 9.17) is 0 Å². The largest absolute Gasteiger partial charge is 0.355 e. The molecule has 1 heterocycles. The van der Waals surface area contributed by atoms with E-state index in [0.717, 1.165) is 12.0 Å². The van der Waals surface area contributed by atoms with E-state index in [2.05, 4.69) is 10.3 Å². The van der Waals surface area contributed by atoms with Crippen LogP contribution in [-0.4, -0.2) is 29.9 Å². The standard InChI is InChI=1S/C16H19N3O2S/c1-2-19(16-18-10-11-22-16)15(21)12-14(20)17-9-8-13-6-4-3-5-7-13/h3-7,10-11H,2,8-9,12H2,1H3,(H,17,20). The minimum atomic E-state index is -0.254. The molecule has 2 aromatic rings. The molecule has 0 aliphatic heterocycles. The monoisotopic (exact) mass is 317 g/mol. The van der Waals surface area contributed by atoms with E-state index < -0.39 is 0 Å². The van der Waals surface area contributed by atoms with E-state index in [9.17, 15) is 9.59 Å². The lowest BCUT2D eigenvalue weighted by Gasteiger charge is -2.17. The highest BCUT2D eigenvalue weighted by Gasteiger charge is 2.18. The summed E-state index contributed by atoms with van der Waals surface area (Å²) in [7, 11) is 0. The highest BCUT2D eigenvalue weighted by atomic mass is 32.1. The van der Waals surface area contributed by atoms with Crippen LogP contribution in [0, 0.1) is 0 Å². The van der Waals surface area contributed by atoms with Crippen molar-refractivity contribution in [3.63, 3.8) is 0 Å². The first-order valence-corrected chi connectivity index (χ1v) is 8.09. The van der Waals surface area contributed by atoms with Crippen molar-refractivity contribution in [2.45, 2.75) is 19.8 Å². The van der Waals surface area contributed by atoms with Gasteiger partial charge in [0.05, 0.1) is 0 Å². The molecule has 0 saturated carbocycles. The lowest BCUT2D eigenvalue weighted by molar-refractivity contribution is -0.127. The quantitative estimate of drug-likeness (QED) is 0.797. The van der Waals surface area contributed by atoms with Crippen LogP contribution in [0.1, 0.15) is 18.9 Å². The van der Waals surface area contributed by atoms with E-state index in [1.54, 1.807) is 6.20 Å². The number of thiazole rings is 1. The number of amides is 2. The van der Waals surface area contributed by atoms with Gasteiger partial charge in [-0.05, 0) is 18.9 Å². The van der Waals surface area contributed by atoms with Gasteiger partial charge in [-0.3, -0.25) is 14.5 Å².